The molecule has 0 bridgehead atoms. The third kappa shape index (κ3) is 2.15. The number of hydrogen-bond acceptors (Lipinski definition) is 3. The summed E-state index contributed by atoms with van der Waals surface area (Å²) in [5.74, 6) is -0.579. The van der Waals surface area contributed by atoms with Crippen LogP contribution in [0.5, 0.6) is 0 Å². The van der Waals surface area contributed by atoms with Crippen molar-refractivity contribution in [3.05, 3.63) is 46.7 Å². The van der Waals surface area contributed by atoms with E-state index in [2.05, 4.69) is 5.10 Å². The number of nitrogens with two attached hydrogens (primary N) is 2. The lowest BCUT2D eigenvalue weighted by Crippen LogP contribution is -2.13. The summed E-state index contributed by atoms with van der Waals surface area (Å²) >= 11 is 6.10. The summed E-state index contributed by atoms with van der Waals surface area (Å²) in [5, 5.41) is 4.57. The number of hydrogen-bond donors (Lipinski definition) is 2. The first kappa shape index (κ1) is 11.6. The van der Waals surface area contributed by atoms with Gasteiger partial charge in [-0.1, -0.05) is 23.7 Å². The van der Waals surface area contributed by atoms with E-state index in [1.165, 1.54) is 10.7 Å². The standard InChI is InChI=1S/C11H11ClN4O/c12-8-3-1-2-7(6-13)10(8)16-5-4-9(15-16)11(14)17/h1-5H,6,13H2,(H2,14,17). The maximum atomic E-state index is 11.0. The Labute approximate surface area is 103 Å². The topological polar surface area (TPSA) is 86.9 Å². The minimum absolute atomic E-state index is 0.188. The number of carbonyl (C=O) groups is 1. The van der Waals surface area contributed by atoms with Gasteiger partial charge in [-0.3, -0.25) is 4.79 Å². The highest BCUT2D eigenvalue weighted by atomic mass is 35.5. The van der Waals surface area contributed by atoms with Gasteiger partial charge in [-0.05, 0) is 17.7 Å². The van der Waals surface area contributed by atoms with Gasteiger partial charge in [-0.2, -0.15) is 5.10 Å². The molecule has 0 saturated heterocycles. The number of primary amides is 1. The van der Waals surface area contributed by atoms with Gasteiger partial charge < -0.3 is 11.5 Å². The second kappa shape index (κ2) is 4.57. The van der Waals surface area contributed by atoms with E-state index in [1.807, 2.05) is 12.1 Å². The lowest BCUT2D eigenvalue weighted by molar-refractivity contribution is 0.0995. The van der Waals surface area contributed by atoms with E-state index in [0.29, 0.717) is 17.3 Å². The van der Waals surface area contributed by atoms with E-state index in [1.54, 1.807) is 12.3 Å². The summed E-state index contributed by atoms with van der Waals surface area (Å²) in [6.07, 6.45) is 1.63. The minimum Gasteiger partial charge on any atom is -0.364 e. The molecular formula is C11H11ClN4O. The molecule has 0 aliphatic carbocycles. The largest absolute Gasteiger partial charge is 0.364 e. The van der Waals surface area contributed by atoms with Gasteiger partial charge in [0.05, 0.1) is 10.7 Å². The number of amides is 1. The zero-order valence-electron chi connectivity index (χ0n) is 8.93. The van der Waals surface area contributed by atoms with Crippen molar-refractivity contribution in [3.8, 4) is 5.69 Å². The summed E-state index contributed by atoms with van der Waals surface area (Å²) in [7, 11) is 0. The van der Waals surface area contributed by atoms with E-state index in [0.717, 1.165) is 5.56 Å². The van der Waals surface area contributed by atoms with Crippen LogP contribution in [0, 0.1) is 0 Å². The molecule has 0 aliphatic heterocycles. The van der Waals surface area contributed by atoms with Crippen LogP contribution in [0.25, 0.3) is 5.69 Å². The smallest absolute Gasteiger partial charge is 0.269 e. The number of nitrogens with zero attached hydrogens (tertiary/aromatic N) is 2. The first-order valence-electron chi connectivity index (χ1n) is 4.97. The summed E-state index contributed by atoms with van der Waals surface area (Å²) < 4.78 is 1.50. The van der Waals surface area contributed by atoms with E-state index in [9.17, 15) is 4.79 Å². The number of para-hydroxylation sites is 1. The Kier molecular flexibility index (Phi) is 3.12. The predicted molar refractivity (Wildman–Crippen MR) is 65.0 cm³/mol. The van der Waals surface area contributed by atoms with E-state index in [4.69, 9.17) is 23.1 Å². The number of aromatic nitrogens is 2. The summed E-state index contributed by atoms with van der Waals surface area (Å²) in [5.41, 5.74) is 12.5. The SMILES string of the molecule is NCc1cccc(Cl)c1-n1ccc(C(N)=O)n1. The average molecular weight is 251 g/mol. The number of rotatable bonds is 3. The quantitative estimate of drug-likeness (QED) is 0.855. The Morgan fingerprint density at radius 3 is 2.76 bits per heavy atom. The molecule has 0 radical (unpaired) electrons. The Balaban J connectivity index is 2.55. The molecule has 0 aliphatic rings. The van der Waals surface area contributed by atoms with Gasteiger partial charge in [0.2, 0.25) is 0 Å². The van der Waals surface area contributed by atoms with Crippen LogP contribution in [-0.2, 0) is 6.54 Å². The van der Waals surface area contributed by atoms with Crippen LogP contribution < -0.4 is 11.5 Å². The number of halogens is 1. The minimum atomic E-state index is -0.579. The summed E-state index contributed by atoms with van der Waals surface area (Å²) in [6, 6.07) is 6.94. The molecule has 1 heterocycles. The van der Waals surface area contributed by atoms with Crippen molar-refractivity contribution in [1.82, 2.24) is 9.78 Å². The van der Waals surface area contributed by atoms with Gasteiger partial charge in [0, 0.05) is 12.7 Å². The first-order chi connectivity index (χ1) is 8.13. The Morgan fingerprint density at radius 1 is 1.41 bits per heavy atom. The third-order valence-electron chi connectivity index (χ3n) is 2.36. The lowest BCUT2D eigenvalue weighted by atomic mass is 10.2. The van der Waals surface area contributed by atoms with Crippen LogP contribution >= 0.6 is 11.6 Å². The van der Waals surface area contributed by atoms with E-state index < -0.39 is 5.91 Å². The van der Waals surface area contributed by atoms with Gasteiger partial charge in [-0.25, -0.2) is 4.68 Å². The molecular weight excluding hydrogens is 240 g/mol. The van der Waals surface area contributed by atoms with E-state index >= 15 is 0 Å². The van der Waals surface area contributed by atoms with Crippen LogP contribution in [0.3, 0.4) is 0 Å². The molecule has 1 aromatic carbocycles. The fraction of sp³-hybridized carbons (Fsp3) is 0.0909. The molecule has 1 aromatic heterocycles. The molecule has 5 nitrogen and oxygen atoms in total. The van der Waals surface area contributed by atoms with Gasteiger partial charge >= 0.3 is 0 Å². The van der Waals surface area contributed by atoms with Crippen molar-refractivity contribution in [2.45, 2.75) is 6.54 Å². The number of benzene rings is 1. The molecule has 0 fully saturated rings. The van der Waals surface area contributed by atoms with Gasteiger partial charge in [-0.15, -0.1) is 0 Å². The molecule has 0 saturated carbocycles. The molecule has 0 unspecified atom stereocenters. The second-order valence-corrected chi connectivity index (χ2v) is 3.87. The summed E-state index contributed by atoms with van der Waals surface area (Å²) in [4.78, 5) is 11.0. The number of carbonyl (C=O) groups excluding carboxylic acids is 1. The van der Waals surface area contributed by atoms with Crippen molar-refractivity contribution in [2.24, 2.45) is 11.5 Å². The van der Waals surface area contributed by atoms with Crippen LogP contribution in [0.4, 0.5) is 0 Å². The Bertz CT molecular complexity index is 564. The monoisotopic (exact) mass is 250 g/mol. The molecule has 0 spiro atoms. The summed E-state index contributed by atoms with van der Waals surface area (Å²) in [6.45, 7) is 0.335. The second-order valence-electron chi connectivity index (χ2n) is 3.46. The van der Waals surface area contributed by atoms with Crippen LogP contribution in [0.1, 0.15) is 16.1 Å². The molecule has 2 rings (SSSR count). The first-order valence-corrected chi connectivity index (χ1v) is 5.34. The van der Waals surface area contributed by atoms with Crippen molar-refractivity contribution in [3.63, 3.8) is 0 Å². The van der Waals surface area contributed by atoms with Crippen LogP contribution in [0.2, 0.25) is 5.02 Å². The molecule has 88 valence electrons. The molecule has 6 heteroatoms. The molecule has 1 amide bonds. The zero-order valence-corrected chi connectivity index (χ0v) is 9.69. The van der Waals surface area contributed by atoms with Crippen LogP contribution in [-0.4, -0.2) is 15.7 Å². The molecule has 0 atom stereocenters. The van der Waals surface area contributed by atoms with E-state index in [-0.39, 0.29) is 5.69 Å². The van der Waals surface area contributed by atoms with Crippen LogP contribution in [0.15, 0.2) is 30.5 Å². The third-order valence-corrected chi connectivity index (χ3v) is 2.67. The highest BCUT2D eigenvalue weighted by Crippen LogP contribution is 2.23. The van der Waals surface area contributed by atoms with Gasteiger partial charge in [0.15, 0.2) is 0 Å². The normalized spacial score (nSPS) is 10.5. The zero-order chi connectivity index (χ0) is 12.4. The van der Waals surface area contributed by atoms with Crippen molar-refractivity contribution < 1.29 is 4.79 Å². The molecule has 17 heavy (non-hydrogen) atoms. The fourth-order valence-corrected chi connectivity index (χ4v) is 1.84. The predicted octanol–water partition coefficient (Wildman–Crippen LogP) is 1.08. The highest BCUT2D eigenvalue weighted by Gasteiger charge is 2.11. The maximum absolute atomic E-state index is 11.0. The maximum Gasteiger partial charge on any atom is 0.269 e. The van der Waals surface area contributed by atoms with Crippen molar-refractivity contribution >= 4 is 17.5 Å². The van der Waals surface area contributed by atoms with Crippen molar-refractivity contribution in [2.75, 3.05) is 0 Å². The Hall–Kier alpha value is -1.85. The average Bonchev–Trinajstić information content (AvgIpc) is 2.77. The highest BCUT2D eigenvalue weighted by molar-refractivity contribution is 6.32. The molecule has 2 aromatic rings. The van der Waals surface area contributed by atoms with Crippen molar-refractivity contribution in [1.29, 1.82) is 0 Å². The van der Waals surface area contributed by atoms with Gasteiger partial charge in [0.25, 0.3) is 5.91 Å². The lowest BCUT2D eigenvalue weighted by Gasteiger charge is -2.09. The fourth-order valence-electron chi connectivity index (χ4n) is 1.56. The van der Waals surface area contributed by atoms with Gasteiger partial charge in [0.1, 0.15) is 5.69 Å². The Morgan fingerprint density at radius 2 is 2.18 bits per heavy atom. The molecule has 4 N–H and O–H groups in total.